The van der Waals surface area contributed by atoms with E-state index in [2.05, 4.69) is 25.9 Å². The molecule has 5 aromatic rings. The van der Waals surface area contributed by atoms with Gasteiger partial charge in [-0.05, 0) is 71.3 Å². The molecule has 2 heterocycles. The first kappa shape index (κ1) is 24.0. The number of carbonyl (C=O) groups is 2. The van der Waals surface area contributed by atoms with Crippen molar-refractivity contribution < 1.29 is 9.59 Å². The molecule has 0 aliphatic heterocycles. The topological polar surface area (TPSA) is 122 Å². The van der Waals surface area contributed by atoms with Crippen LogP contribution in [0.3, 0.4) is 0 Å². The van der Waals surface area contributed by atoms with Gasteiger partial charge in [0.05, 0.1) is 0 Å². The lowest BCUT2D eigenvalue weighted by Crippen LogP contribution is -2.17. The number of hydrogen-bond acceptors (Lipinski definition) is 7. The summed E-state index contributed by atoms with van der Waals surface area (Å²) < 4.78 is 0. The summed E-state index contributed by atoms with van der Waals surface area (Å²) in [6, 6.07) is 25.0. The Morgan fingerprint density at radius 3 is 2.35 bits per heavy atom. The van der Waals surface area contributed by atoms with E-state index in [1.54, 1.807) is 24.5 Å². The molecule has 0 aliphatic carbocycles. The quantitative estimate of drug-likeness (QED) is 0.210. The summed E-state index contributed by atoms with van der Waals surface area (Å²) in [6.07, 6.45) is 4.41. The number of pyridine rings is 1. The minimum Gasteiger partial charge on any atom is -0.385 e. The average molecular weight is 509 g/mol. The molecule has 8 nitrogen and oxygen atoms in total. The first-order valence-electron chi connectivity index (χ1n) is 11.7. The van der Waals surface area contributed by atoms with Gasteiger partial charge in [-0.15, -0.1) is 0 Å². The number of rotatable bonds is 9. The van der Waals surface area contributed by atoms with Crippen LogP contribution in [0, 0.1) is 0 Å². The van der Waals surface area contributed by atoms with Crippen molar-refractivity contribution in [1.29, 1.82) is 0 Å². The lowest BCUT2D eigenvalue weighted by molar-refractivity contribution is 0.0997. The van der Waals surface area contributed by atoms with Gasteiger partial charge >= 0.3 is 0 Å². The predicted octanol–water partition coefficient (Wildman–Crippen LogP) is 5.44. The monoisotopic (exact) mass is 508 g/mol. The Hall–Kier alpha value is -4.76. The van der Waals surface area contributed by atoms with E-state index in [-0.39, 0.29) is 11.6 Å². The maximum Gasteiger partial charge on any atom is 0.270 e. The smallest absolute Gasteiger partial charge is 0.270 e. The molecule has 2 amide bonds. The van der Waals surface area contributed by atoms with Gasteiger partial charge in [-0.25, -0.2) is 4.98 Å². The fraction of sp³-hybridized carbons (Fsp3) is 0.0714. The number of thiazole rings is 1. The van der Waals surface area contributed by atoms with E-state index in [1.807, 2.05) is 66.7 Å². The number of benzene rings is 3. The molecule has 0 fully saturated rings. The second kappa shape index (κ2) is 10.9. The zero-order valence-electron chi connectivity index (χ0n) is 19.8. The van der Waals surface area contributed by atoms with Gasteiger partial charge in [0.15, 0.2) is 10.8 Å². The average Bonchev–Trinajstić information content (AvgIpc) is 3.32. The molecule has 0 spiro atoms. The number of aromatic nitrogens is 2. The highest BCUT2D eigenvalue weighted by Gasteiger charge is 2.19. The summed E-state index contributed by atoms with van der Waals surface area (Å²) in [4.78, 5) is 33.2. The fourth-order valence-electron chi connectivity index (χ4n) is 3.83. The van der Waals surface area contributed by atoms with E-state index in [0.29, 0.717) is 15.7 Å². The Morgan fingerprint density at radius 2 is 1.59 bits per heavy atom. The number of nitrogens with zero attached hydrogens (tertiary/aromatic N) is 2. The third kappa shape index (κ3) is 5.91. The zero-order valence-corrected chi connectivity index (χ0v) is 20.6. The van der Waals surface area contributed by atoms with Crippen LogP contribution in [0.1, 0.15) is 26.4 Å². The Bertz CT molecular complexity index is 1550. The number of primary amides is 1. The van der Waals surface area contributed by atoms with Crippen molar-refractivity contribution in [2.75, 3.05) is 22.5 Å². The van der Waals surface area contributed by atoms with Crippen molar-refractivity contribution in [3.05, 3.63) is 108 Å². The van der Waals surface area contributed by atoms with Crippen LogP contribution in [0.15, 0.2) is 91.3 Å². The number of fused-ring (bicyclic) bond motifs is 1. The van der Waals surface area contributed by atoms with Crippen molar-refractivity contribution in [2.24, 2.45) is 5.73 Å². The van der Waals surface area contributed by atoms with Gasteiger partial charge in [-0.3, -0.25) is 14.6 Å². The molecule has 0 bridgehead atoms. The SMILES string of the molecule is NC(=O)c1nc(Nc2ccc3ccccc3c2)sc1NC(=O)c1ccc(NCCc2ccncc2)cc1. The number of hydrogen-bond donors (Lipinski definition) is 4. The first-order valence-corrected chi connectivity index (χ1v) is 12.5. The summed E-state index contributed by atoms with van der Waals surface area (Å²) in [5.41, 5.74) is 8.91. The maximum absolute atomic E-state index is 12.9. The minimum atomic E-state index is -0.716. The summed E-state index contributed by atoms with van der Waals surface area (Å²) in [5, 5.41) is 12.3. The van der Waals surface area contributed by atoms with Gasteiger partial charge < -0.3 is 21.7 Å². The lowest BCUT2D eigenvalue weighted by atomic mass is 10.1. The Kier molecular flexibility index (Phi) is 7.05. The first-order chi connectivity index (χ1) is 18.0. The highest BCUT2D eigenvalue weighted by atomic mass is 32.1. The van der Waals surface area contributed by atoms with Crippen molar-refractivity contribution in [1.82, 2.24) is 9.97 Å². The summed E-state index contributed by atoms with van der Waals surface area (Å²) in [7, 11) is 0. The number of nitrogens with one attached hydrogen (secondary N) is 3. The maximum atomic E-state index is 12.9. The molecule has 5 N–H and O–H groups in total. The Labute approximate surface area is 217 Å². The lowest BCUT2D eigenvalue weighted by Gasteiger charge is -2.08. The molecule has 0 atom stereocenters. The zero-order chi connectivity index (χ0) is 25.6. The van der Waals surface area contributed by atoms with Gasteiger partial charge in [-0.2, -0.15) is 0 Å². The van der Waals surface area contributed by atoms with E-state index in [0.717, 1.165) is 46.4 Å². The van der Waals surface area contributed by atoms with E-state index >= 15 is 0 Å². The molecular weight excluding hydrogens is 484 g/mol. The molecule has 0 unspecified atom stereocenters. The third-order valence-electron chi connectivity index (χ3n) is 5.73. The Balaban J connectivity index is 1.24. The molecule has 37 heavy (non-hydrogen) atoms. The molecule has 5 rings (SSSR count). The van der Waals surface area contributed by atoms with Crippen LogP contribution in [0.2, 0.25) is 0 Å². The second-order valence-electron chi connectivity index (χ2n) is 8.31. The molecule has 0 saturated heterocycles. The molecule has 0 aliphatic rings. The van der Waals surface area contributed by atoms with Crippen molar-refractivity contribution in [3.63, 3.8) is 0 Å². The number of amides is 2. The van der Waals surface area contributed by atoms with E-state index in [9.17, 15) is 9.59 Å². The van der Waals surface area contributed by atoms with Gasteiger partial charge in [-0.1, -0.05) is 41.7 Å². The molecule has 3 aromatic carbocycles. The molecular formula is C28H24N6O2S. The van der Waals surface area contributed by atoms with Gasteiger partial charge in [0.2, 0.25) is 0 Å². The molecule has 2 aromatic heterocycles. The Morgan fingerprint density at radius 1 is 0.865 bits per heavy atom. The van der Waals surface area contributed by atoms with Crippen LogP contribution in [0.5, 0.6) is 0 Å². The van der Waals surface area contributed by atoms with Crippen LogP contribution in [0.25, 0.3) is 10.8 Å². The van der Waals surface area contributed by atoms with Crippen molar-refractivity contribution in [3.8, 4) is 0 Å². The van der Waals surface area contributed by atoms with Gasteiger partial charge in [0.1, 0.15) is 5.00 Å². The number of anilines is 4. The molecule has 184 valence electrons. The van der Waals surface area contributed by atoms with Crippen LogP contribution in [0.4, 0.5) is 21.5 Å². The largest absolute Gasteiger partial charge is 0.385 e. The predicted molar refractivity (Wildman–Crippen MR) is 149 cm³/mol. The standard InChI is InChI=1S/C28H24N6O2S/c29-25(35)24-27(37-28(33-24)32-23-10-5-19-3-1-2-4-21(19)17-23)34-26(36)20-6-8-22(9-7-20)31-16-13-18-11-14-30-15-12-18/h1-12,14-15,17,31H,13,16H2,(H2,29,35)(H,32,33)(H,34,36). The van der Waals surface area contributed by atoms with Gasteiger partial charge in [0.25, 0.3) is 11.8 Å². The van der Waals surface area contributed by atoms with E-state index in [4.69, 9.17) is 5.73 Å². The highest BCUT2D eigenvalue weighted by molar-refractivity contribution is 7.20. The normalized spacial score (nSPS) is 10.7. The van der Waals surface area contributed by atoms with Gasteiger partial charge in [0, 0.05) is 35.9 Å². The summed E-state index contributed by atoms with van der Waals surface area (Å²) >= 11 is 1.15. The molecule has 0 saturated carbocycles. The van der Waals surface area contributed by atoms with Crippen LogP contribution >= 0.6 is 11.3 Å². The molecule has 0 radical (unpaired) electrons. The third-order valence-corrected chi connectivity index (χ3v) is 6.61. The van der Waals surface area contributed by atoms with E-state index in [1.165, 1.54) is 5.56 Å². The van der Waals surface area contributed by atoms with E-state index < -0.39 is 5.91 Å². The number of carbonyl (C=O) groups excluding carboxylic acids is 2. The summed E-state index contributed by atoms with van der Waals surface area (Å²) in [5.74, 6) is -1.07. The summed E-state index contributed by atoms with van der Waals surface area (Å²) in [6.45, 7) is 0.755. The fourth-order valence-corrected chi connectivity index (χ4v) is 4.72. The second-order valence-corrected chi connectivity index (χ2v) is 9.31. The van der Waals surface area contributed by atoms with Crippen LogP contribution < -0.4 is 21.7 Å². The number of nitrogens with two attached hydrogens (primary N) is 1. The van der Waals surface area contributed by atoms with Crippen molar-refractivity contribution in [2.45, 2.75) is 6.42 Å². The molecule has 9 heteroatoms. The van der Waals surface area contributed by atoms with Crippen molar-refractivity contribution >= 4 is 55.4 Å². The minimum absolute atomic E-state index is 0.0102. The highest BCUT2D eigenvalue weighted by Crippen LogP contribution is 2.32. The van der Waals surface area contributed by atoms with Crippen LogP contribution in [-0.4, -0.2) is 28.3 Å². The van der Waals surface area contributed by atoms with Crippen LogP contribution in [-0.2, 0) is 6.42 Å².